The van der Waals surface area contributed by atoms with Crippen molar-refractivity contribution >= 4 is 40.8 Å². The van der Waals surface area contributed by atoms with Gasteiger partial charge >= 0.3 is 0 Å². The van der Waals surface area contributed by atoms with Crippen LogP contribution in [0.2, 0.25) is 5.02 Å². The Kier molecular flexibility index (Phi) is 5.17. The molecule has 38 heavy (non-hydrogen) atoms. The fourth-order valence-corrected chi connectivity index (χ4v) is 7.07. The van der Waals surface area contributed by atoms with E-state index in [-0.39, 0.29) is 53.6 Å². The second-order valence-electron chi connectivity index (χ2n) is 10.5. The number of fused-ring (bicyclic) bond motifs is 8. The molecule has 3 aliphatic carbocycles. The first-order valence-corrected chi connectivity index (χ1v) is 13.2. The van der Waals surface area contributed by atoms with Crippen molar-refractivity contribution in [1.29, 1.82) is 0 Å². The number of halogens is 1. The van der Waals surface area contributed by atoms with E-state index < -0.39 is 6.04 Å². The van der Waals surface area contributed by atoms with E-state index in [1.165, 1.54) is 4.90 Å². The SMILES string of the molecule is O=C(CC(c1ccccc1Cl)N1C(=O)C2C3C=CC(C3)C2C1=O)Nc1ccc2c(c1)C(=O)c1ccccc1-2. The van der Waals surface area contributed by atoms with E-state index in [1.807, 2.05) is 36.4 Å². The van der Waals surface area contributed by atoms with Gasteiger partial charge in [0.15, 0.2) is 5.78 Å². The Labute approximate surface area is 224 Å². The molecule has 3 aromatic rings. The summed E-state index contributed by atoms with van der Waals surface area (Å²) in [5, 5.41) is 3.27. The number of benzene rings is 3. The smallest absolute Gasteiger partial charge is 0.234 e. The molecular formula is C31H23ClN2O4. The van der Waals surface area contributed by atoms with E-state index >= 15 is 0 Å². The lowest BCUT2D eigenvalue weighted by Crippen LogP contribution is -2.38. The molecule has 1 aliphatic heterocycles. The van der Waals surface area contributed by atoms with Gasteiger partial charge in [-0.1, -0.05) is 72.3 Å². The van der Waals surface area contributed by atoms with Crippen LogP contribution in [-0.2, 0) is 14.4 Å². The predicted octanol–water partition coefficient (Wildman–Crippen LogP) is 5.43. The maximum atomic E-state index is 13.6. The second kappa shape index (κ2) is 8.50. The van der Waals surface area contributed by atoms with Crippen LogP contribution in [0.1, 0.15) is 40.4 Å². The minimum atomic E-state index is -0.825. The van der Waals surface area contributed by atoms with Crippen LogP contribution in [0.4, 0.5) is 5.69 Å². The molecule has 4 aliphatic rings. The fraction of sp³-hybridized carbons (Fsp3) is 0.226. The number of nitrogens with one attached hydrogen (secondary N) is 1. The first kappa shape index (κ1) is 23.1. The standard InChI is InChI=1S/C31H23ClN2O4/c32-24-8-4-3-7-22(24)25(34-30(37)27-16-9-10-17(13-16)28(27)31(34)38)15-26(35)33-18-11-12-20-19-5-1-2-6-21(19)29(36)23(20)14-18/h1-12,14,16-17,25,27-28H,13,15H2,(H,33,35). The number of rotatable bonds is 5. The zero-order valence-electron chi connectivity index (χ0n) is 20.3. The number of carbonyl (C=O) groups excluding carboxylic acids is 4. The van der Waals surface area contributed by atoms with Gasteiger partial charge in [-0.3, -0.25) is 24.1 Å². The molecule has 0 radical (unpaired) electrons. The molecule has 1 N–H and O–H groups in total. The Morgan fingerprint density at radius 1 is 0.842 bits per heavy atom. The molecular weight excluding hydrogens is 500 g/mol. The maximum absolute atomic E-state index is 13.6. The third kappa shape index (κ3) is 3.33. The number of hydrogen-bond donors (Lipinski definition) is 1. The molecule has 3 amide bonds. The second-order valence-corrected chi connectivity index (χ2v) is 10.9. The minimum Gasteiger partial charge on any atom is -0.326 e. The van der Waals surface area contributed by atoms with Crippen LogP contribution in [0.5, 0.6) is 0 Å². The highest BCUT2D eigenvalue weighted by Gasteiger charge is 2.60. The number of imide groups is 1. The molecule has 1 saturated heterocycles. The highest BCUT2D eigenvalue weighted by molar-refractivity contribution is 6.31. The molecule has 5 atom stereocenters. The zero-order chi connectivity index (χ0) is 26.1. The number of amides is 3. The average molecular weight is 523 g/mol. The molecule has 7 heteroatoms. The van der Waals surface area contributed by atoms with Crippen LogP contribution in [0.25, 0.3) is 11.1 Å². The van der Waals surface area contributed by atoms with E-state index in [1.54, 1.807) is 42.5 Å². The first-order valence-electron chi connectivity index (χ1n) is 12.8. The van der Waals surface area contributed by atoms with Gasteiger partial charge in [0.05, 0.1) is 24.3 Å². The Morgan fingerprint density at radius 3 is 2.18 bits per heavy atom. The van der Waals surface area contributed by atoms with Crippen molar-refractivity contribution < 1.29 is 19.2 Å². The van der Waals surface area contributed by atoms with Gasteiger partial charge in [0, 0.05) is 21.8 Å². The Balaban J connectivity index is 1.17. The monoisotopic (exact) mass is 522 g/mol. The summed E-state index contributed by atoms with van der Waals surface area (Å²) in [6, 6.07) is 18.9. The fourth-order valence-electron chi connectivity index (χ4n) is 6.81. The van der Waals surface area contributed by atoms with Crippen LogP contribution in [0.3, 0.4) is 0 Å². The van der Waals surface area contributed by atoms with Crippen LogP contribution >= 0.6 is 11.6 Å². The van der Waals surface area contributed by atoms with Crippen molar-refractivity contribution in [1.82, 2.24) is 4.90 Å². The topological polar surface area (TPSA) is 83.6 Å². The number of carbonyl (C=O) groups is 4. The quantitative estimate of drug-likeness (QED) is 0.280. The molecule has 1 saturated carbocycles. The largest absolute Gasteiger partial charge is 0.326 e. The number of likely N-dealkylation sites (tertiary alicyclic amines) is 1. The Bertz CT molecular complexity index is 1560. The molecule has 0 aromatic heterocycles. The summed E-state index contributed by atoms with van der Waals surface area (Å²) < 4.78 is 0. The van der Waals surface area contributed by atoms with Gasteiger partial charge in [-0.2, -0.15) is 0 Å². The van der Waals surface area contributed by atoms with Crippen molar-refractivity contribution in [3.8, 4) is 11.1 Å². The van der Waals surface area contributed by atoms with E-state index in [0.29, 0.717) is 27.4 Å². The summed E-state index contributed by atoms with van der Waals surface area (Å²) in [5.41, 5.74) is 3.93. The Morgan fingerprint density at radius 2 is 1.47 bits per heavy atom. The molecule has 6 nitrogen and oxygen atoms in total. The van der Waals surface area contributed by atoms with E-state index in [2.05, 4.69) is 5.32 Å². The summed E-state index contributed by atoms with van der Waals surface area (Å²) in [7, 11) is 0. The van der Waals surface area contributed by atoms with Crippen molar-refractivity contribution in [2.45, 2.75) is 18.9 Å². The van der Waals surface area contributed by atoms with Crippen LogP contribution < -0.4 is 5.32 Å². The third-order valence-corrected chi connectivity index (χ3v) is 8.81. The van der Waals surface area contributed by atoms with E-state index in [9.17, 15) is 19.2 Å². The highest BCUT2D eigenvalue weighted by Crippen LogP contribution is 2.54. The van der Waals surface area contributed by atoms with Crippen molar-refractivity contribution in [2.75, 3.05) is 5.32 Å². The molecule has 1 heterocycles. The highest BCUT2D eigenvalue weighted by atomic mass is 35.5. The van der Waals surface area contributed by atoms with Crippen molar-refractivity contribution in [3.63, 3.8) is 0 Å². The Hall–Kier alpha value is -4.03. The summed E-state index contributed by atoms with van der Waals surface area (Å²) >= 11 is 6.52. The predicted molar refractivity (Wildman–Crippen MR) is 142 cm³/mol. The third-order valence-electron chi connectivity index (χ3n) is 8.47. The van der Waals surface area contributed by atoms with E-state index in [0.717, 1.165) is 17.5 Å². The minimum absolute atomic E-state index is 0.0697. The molecule has 2 fully saturated rings. The summed E-state index contributed by atoms with van der Waals surface area (Å²) in [6.45, 7) is 0. The number of allylic oxidation sites excluding steroid dienone is 2. The van der Waals surface area contributed by atoms with Crippen LogP contribution in [0.15, 0.2) is 78.9 Å². The van der Waals surface area contributed by atoms with Gasteiger partial charge in [-0.25, -0.2) is 0 Å². The molecule has 3 aromatic carbocycles. The summed E-state index contributed by atoms with van der Waals surface area (Å²) in [4.78, 5) is 54.7. The lowest BCUT2D eigenvalue weighted by Gasteiger charge is -2.28. The van der Waals surface area contributed by atoms with Gasteiger partial charge in [0.25, 0.3) is 0 Å². The first-order chi connectivity index (χ1) is 18.4. The van der Waals surface area contributed by atoms with Crippen LogP contribution in [0, 0.1) is 23.7 Å². The molecule has 188 valence electrons. The molecule has 7 rings (SSSR count). The lowest BCUT2D eigenvalue weighted by molar-refractivity contribution is -0.144. The summed E-state index contributed by atoms with van der Waals surface area (Å²) in [6.07, 6.45) is 4.78. The van der Waals surface area contributed by atoms with Gasteiger partial charge in [0.2, 0.25) is 17.7 Å². The van der Waals surface area contributed by atoms with Gasteiger partial charge in [0.1, 0.15) is 0 Å². The van der Waals surface area contributed by atoms with Gasteiger partial charge in [-0.15, -0.1) is 0 Å². The molecule has 5 unspecified atom stereocenters. The van der Waals surface area contributed by atoms with Crippen LogP contribution in [-0.4, -0.2) is 28.4 Å². The number of anilines is 1. The molecule has 2 bridgehead atoms. The normalized spacial score (nSPS) is 25.0. The van der Waals surface area contributed by atoms with E-state index in [4.69, 9.17) is 11.6 Å². The average Bonchev–Trinajstić information content (AvgIpc) is 3.66. The summed E-state index contributed by atoms with van der Waals surface area (Å²) in [5.74, 6) is -1.50. The van der Waals surface area contributed by atoms with Gasteiger partial charge < -0.3 is 5.32 Å². The molecule has 0 spiro atoms. The zero-order valence-corrected chi connectivity index (χ0v) is 21.0. The number of nitrogens with zero attached hydrogens (tertiary/aromatic N) is 1. The van der Waals surface area contributed by atoms with Crippen molar-refractivity contribution in [2.24, 2.45) is 23.7 Å². The maximum Gasteiger partial charge on any atom is 0.234 e. The lowest BCUT2D eigenvalue weighted by atomic mass is 9.85. The number of hydrogen-bond acceptors (Lipinski definition) is 4. The van der Waals surface area contributed by atoms with Gasteiger partial charge in [-0.05, 0) is 53.1 Å². The van der Waals surface area contributed by atoms with Crippen molar-refractivity contribution in [3.05, 3.63) is 101 Å². The number of ketones is 1.